The van der Waals surface area contributed by atoms with Crippen molar-refractivity contribution in [2.45, 2.75) is 115 Å². The summed E-state index contributed by atoms with van der Waals surface area (Å²) in [6.45, 7) is 1.63. The molecule has 10 nitrogen and oxygen atoms in total. The number of carbonyl (C=O) groups is 2. The van der Waals surface area contributed by atoms with Crippen LogP contribution in [0.25, 0.3) is 0 Å². The molecule has 4 N–H and O–H groups in total. The minimum Gasteiger partial charge on any atom is -0.480 e. The molecule has 0 aromatic carbocycles. The Morgan fingerprint density at radius 2 is 1.66 bits per heavy atom. The van der Waals surface area contributed by atoms with Gasteiger partial charge in [-0.05, 0) is 32.1 Å². The molecule has 0 aromatic rings. The molecule has 1 aliphatic rings. The first-order valence-electron chi connectivity index (χ1n) is 14.0. The normalized spacial score (nSPS) is 19.9. The number of hydrogen-bond acceptors (Lipinski definition) is 8. The van der Waals surface area contributed by atoms with Crippen LogP contribution in [-0.2, 0) is 32.7 Å². The summed E-state index contributed by atoms with van der Waals surface area (Å²) in [6.07, 6.45) is 21.5. The monoisotopic (exact) mass is 561 g/mol. The maximum Gasteiger partial charge on any atom is 0.472 e. The Labute approximate surface area is 227 Å². The fraction of sp³-hybridized carbons (Fsp3) is 0.778. The number of rotatable bonds is 23. The van der Waals surface area contributed by atoms with Crippen molar-refractivity contribution in [1.29, 1.82) is 0 Å². The standard InChI is InChI=1S/C27H48NO9P/c1-2-3-4-5-6-7-8-9-10-11-12-13-14-15-16-19-26(29)35-22-25-24(18-17-20-34-25)37-38(32,33)36-21-23(28)27(30)31/h9-10,17-18,23-25H,2-8,11-16,19-22,28H2,1H3,(H,30,31)(H,32,33)/b10-9-/t23-,24-,25+/m0/s1. The van der Waals surface area contributed by atoms with E-state index in [1.165, 1.54) is 51.0 Å². The highest BCUT2D eigenvalue weighted by molar-refractivity contribution is 7.47. The lowest BCUT2D eigenvalue weighted by Crippen LogP contribution is -2.38. The summed E-state index contributed by atoms with van der Waals surface area (Å²) in [6, 6.07) is -1.47. The number of carboxylic acids is 1. The van der Waals surface area contributed by atoms with Gasteiger partial charge >= 0.3 is 19.8 Å². The average molecular weight is 562 g/mol. The largest absolute Gasteiger partial charge is 0.480 e. The molecule has 1 aliphatic heterocycles. The lowest BCUT2D eigenvalue weighted by atomic mass is 10.1. The molecule has 0 amide bonds. The zero-order chi connectivity index (χ0) is 28.1. The van der Waals surface area contributed by atoms with E-state index in [4.69, 9.17) is 24.8 Å². The highest BCUT2D eigenvalue weighted by Crippen LogP contribution is 2.45. The van der Waals surface area contributed by atoms with Gasteiger partial charge in [-0.15, -0.1) is 0 Å². The van der Waals surface area contributed by atoms with Crippen molar-refractivity contribution in [3.05, 3.63) is 24.3 Å². The molecule has 0 spiro atoms. The molecule has 0 saturated heterocycles. The van der Waals surface area contributed by atoms with Crippen LogP contribution in [-0.4, -0.2) is 60.0 Å². The van der Waals surface area contributed by atoms with Crippen LogP contribution in [0.4, 0.5) is 0 Å². The van der Waals surface area contributed by atoms with Crippen LogP contribution in [0.5, 0.6) is 0 Å². The molecule has 0 aromatic heterocycles. The van der Waals surface area contributed by atoms with Crippen molar-refractivity contribution in [2.24, 2.45) is 5.73 Å². The van der Waals surface area contributed by atoms with Gasteiger partial charge in [0.1, 0.15) is 24.9 Å². The van der Waals surface area contributed by atoms with Crippen LogP contribution in [0.15, 0.2) is 24.3 Å². The molecule has 0 bridgehead atoms. The van der Waals surface area contributed by atoms with E-state index >= 15 is 0 Å². The Morgan fingerprint density at radius 1 is 1.05 bits per heavy atom. The van der Waals surface area contributed by atoms with E-state index in [9.17, 15) is 19.0 Å². The first-order valence-corrected chi connectivity index (χ1v) is 15.5. The van der Waals surface area contributed by atoms with Crippen LogP contribution >= 0.6 is 7.82 Å². The van der Waals surface area contributed by atoms with Crippen LogP contribution in [0.2, 0.25) is 0 Å². The zero-order valence-corrected chi connectivity index (χ0v) is 23.7. The van der Waals surface area contributed by atoms with Crippen molar-refractivity contribution in [1.82, 2.24) is 0 Å². The van der Waals surface area contributed by atoms with Gasteiger partial charge in [-0.25, -0.2) is 4.57 Å². The van der Waals surface area contributed by atoms with E-state index in [0.717, 1.165) is 38.5 Å². The Balaban J connectivity index is 2.12. The second-order valence-electron chi connectivity index (χ2n) is 9.60. The number of unbranched alkanes of at least 4 members (excludes halogenated alkanes) is 11. The summed E-state index contributed by atoms with van der Waals surface area (Å²) in [4.78, 5) is 32.7. The third-order valence-electron chi connectivity index (χ3n) is 6.14. The minimum atomic E-state index is -4.60. The van der Waals surface area contributed by atoms with Crippen LogP contribution < -0.4 is 5.73 Å². The highest BCUT2D eigenvalue weighted by Gasteiger charge is 2.34. The van der Waals surface area contributed by atoms with Gasteiger partial charge in [-0.3, -0.25) is 18.6 Å². The quantitative estimate of drug-likeness (QED) is 0.0636. The van der Waals surface area contributed by atoms with Gasteiger partial charge in [0, 0.05) is 6.42 Å². The third kappa shape index (κ3) is 17.9. The molecule has 220 valence electrons. The van der Waals surface area contributed by atoms with Gasteiger partial charge in [-0.1, -0.05) is 82.6 Å². The number of nitrogens with two attached hydrogens (primary N) is 1. The molecule has 1 unspecified atom stereocenters. The van der Waals surface area contributed by atoms with E-state index in [-0.39, 0.29) is 19.2 Å². The van der Waals surface area contributed by atoms with Crippen molar-refractivity contribution >= 4 is 19.8 Å². The predicted octanol–water partition coefficient (Wildman–Crippen LogP) is 5.44. The van der Waals surface area contributed by atoms with E-state index in [0.29, 0.717) is 6.42 Å². The molecule has 11 heteroatoms. The fourth-order valence-electron chi connectivity index (χ4n) is 3.85. The van der Waals surface area contributed by atoms with Gasteiger partial charge in [-0.2, -0.15) is 0 Å². The fourth-order valence-corrected chi connectivity index (χ4v) is 4.77. The number of hydrogen-bond donors (Lipinski definition) is 3. The van der Waals surface area contributed by atoms with Crippen molar-refractivity contribution in [3.63, 3.8) is 0 Å². The number of phosphoric acid groups is 1. The minimum absolute atomic E-state index is 0.145. The molecule has 1 rings (SSSR count). The maximum atomic E-state index is 12.1. The second kappa shape index (κ2) is 21.3. The highest BCUT2D eigenvalue weighted by atomic mass is 31.2. The van der Waals surface area contributed by atoms with Crippen LogP contribution in [0.1, 0.15) is 96.8 Å². The summed E-state index contributed by atoms with van der Waals surface area (Å²) in [5.74, 6) is -1.74. The first kappa shape index (κ1) is 34.5. The molecule has 0 saturated carbocycles. The van der Waals surface area contributed by atoms with Gasteiger partial charge < -0.3 is 25.2 Å². The summed E-state index contributed by atoms with van der Waals surface area (Å²) in [7, 11) is -4.60. The zero-order valence-electron chi connectivity index (χ0n) is 22.8. The van der Waals surface area contributed by atoms with Gasteiger partial charge in [0.15, 0.2) is 0 Å². The number of ether oxygens (including phenoxy) is 2. The number of phosphoric ester groups is 1. The van der Waals surface area contributed by atoms with Gasteiger partial charge in [0.2, 0.25) is 0 Å². The molecular weight excluding hydrogens is 513 g/mol. The van der Waals surface area contributed by atoms with Crippen molar-refractivity contribution < 1.29 is 42.7 Å². The summed E-state index contributed by atoms with van der Waals surface area (Å²) < 4.78 is 32.6. The SMILES string of the molecule is CCCCCCCC/C=C\CCCCCCCC(=O)OC[C@H]1OCC=C[C@@H]1OP(=O)(O)OC[C@H](N)C(=O)O. The number of aliphatic carboxylic acids is 1. The number of carboxylic acid groups (broad SMARTS) is 1. The van der Waals surface area contributed by atoms with Crippen LogP contribution in [0.3, 0.4) is 0 Å². The van der Waals surface area contributed by atoms with E-state index in [1.54, 1.807) is 6.08 Å². The smallest absolute Gasteiger partial charge is 0.472 e. The average Bonchev–Trinajstić information content (AvgIpc) is 2.88. The molecular formula is C27H48NO9P. The molecule has 0 radical (unpaired) electrons. The number of carbonyl (C=O) groups excluding carboxylic acids is 1. The topological polar surface area (TPSA) is 155 Å². The third-order valence-corrected chi connectivity index (χ3v) is 7.12. The molecule has 0 aliphatic carbocycles. The van der Waals surface area contributed by atoms with Crippen molar-refractivity contribution in [3.8, 4) is 0 Å². The Morgan fingerprint density at radius 3 is 2.29 bits per heavy atom. The van der Waals surface area contributed by atoms with Crippen molar-refractivity contribution in [2.75, 3.05) is 19.8 Å². The molecule has 1 heterocycles. The van der Waals surface area contributed by atoms with Gasteiger partial charge in [0.25, 0.3) is 0 Å². The maximum absolute atomic E-state index is 12.1. The van der Waals surface area contributed by atoms with Gasteiger partial charge in [0.05, 0.1) is 13.2 Å². The van der Waals surface area contributed by atoms with E-state index in [2.05, 4.69) is 23.6 Å². The van der Waals surface area contributed by atoms with Crippen LogP contribution in [0, 0.1) is 0 Å². The summed E-state index contributed by atoms with van der Waals surface area (Å²) in [5, 5.41) is 8.75. The molecule has 0 fully saturated rings. The second-order valence-corrected chi connectivity index (χ2v) is 11.0. The number of allylic oxidation sites excluding steroid dienone is 2. The van der Waals surface area contributed by atoms with E-state index < -0.39 is 38.6 Å². The molecule has 38 heavy (non-hydrogen) atoms. The summed E-state index contributed by atoms with van der Waals surface area (Å²) in [5.41, 5.74) is 5.27. The molecule has 4 atom stereocenters. The predicted molar refractivity (Wildman–Crippen MR) is 146 cm³/mol. The first-order chi connectivity index (χ1) is 18.2. The lowest BCUT2D eigenvalue weighted by molar-refractivity contribution is -0.150. The lowest BCUT2D eigenvalue weighted by Gasteiger charge is -2.28. The number of esters is 1. The Kier molecular flexibility index (Phi) is 19.3. The Bertz CT molecular complexity index is 759. The summed E-state index contributed by atoms with van der Waals surface area (Å²) >= 11 is 0. The Hall–Kier alpha value is -1.55. The van der Waals surface area contributed by atoms with E-state index in [1.807, 2.05) is 0 Å².